The molecule has 0 aromatic heterocycles. The van der Waals surface area contributed by atoms with Crippen LogP contribution in [-0.2, 0) is 17.6 Å². The summed E-state index contributed by atoms with van der Waals surface area (Å²) in [5, 5.41) is 0. The molecule has 0 saturated carbocycles. The highest BCUT2D eigenvalue weighted by Crippen LogP contribution is 2.52. The maximum absolute atomic E-state index is 6.54. The molecule has 0 bridgehead atoms. The van der Waals surface area contributed by atoms with Gasteiger partial charge in [0.25, 0.3) is 0 Å². The van der Waals surface area contributed by atoms with E-state index in [0.29, 0.717) is 6.61 Å². The molecule has 1 heterocycles. The SMILES string of the molecule is Cc1cc2c(cc1OCc1ccccc1)C(C)(C)Oc1cc(N)c(C)c(C(C)(C)C)c1-2. The Labute approximate surface area is 186 Å². The van der Waals surface area contributed by atoms with E-state index in [1.807, 2.05) is 24.3 Å². The average molecular weight is 416 g/mol. The molecule has 4 rings (SSSR count). The van der Waals surface area contributed by atoms with Crippen LogP contribution in [0.15, 0.2) is 48.5 Å². The van der Waals surface area contributed by atoms with Crippen molar-refractivity contribution in [3.8, 4) is 22.6 Å². The Morgan fingerprint density at radius 3 is 2.32 bits per heavy atom. The van der Waals surface area contributed by atoms with Crippen molar-refractivity contribution in [3.05, 3.63) is 76.3 Å². The van der Waals surface area contributed by atoms with Gasteiger partial charge in [-0.25, -0.2) is 0 Å². The molecule has 0 spiro atoms. The molecular weight excluding hydrogens is 382 g/mol. The number of ether oxygens (including phenoxy) is 2. The molecule has 0 aliphatic carbocycles. The lowest BCUT2D eigenvalue weighted by molar-refractivity contribution is 0.105. The maximum Gasteiger partial charge on any atom is 0.130 e. The normalized spacial score (nSPS) is 14.4. The van der Waals surface area contributed by atoms with Crippen LogP contribution in [0.3, 0.4) is 0 Å². The van der Waals surface area contributed by atoms with Crippen LogP contribution in [0.25, 0.3) is 11.1 Å². The van der Waals surface area contributed by atoms with Gasteiger partial charge in [-0.15, -0.1) is 0 Å². The molecule has 0 saturated heterocycles. The Hall–Kier alpha value is -2.94. The summed E-state index contributed by atoms with van der Waals surface area (Å²) in [6.45, 7) is 15.7. The van der Waals surface area contributed by atoms with Gasteiger partial charge in [0, 0.05) is 22.9 Å². The average Bonchev–Trinajstić information content (AvgIpc) is 2.68. The summed E-state index contributed by atoms with van der Waals surface area (Å²) < 4.78 is 12.8. The molecule has 0 unspecified atom stereocenters. The Kier molecular flexibility index (Phi) is 5.04. The first kappa shape index (κ1) is 21.3. The standard InChI is InChI=1S/C28H33NO2/c1-17-13-20-21(14-23(17)30-16-19-11-9-8-10-12-19)28(6,7)31-24-15-22(29)18(2)26(25(20)24)27(3,4)5/h8-15H,16,29H2,1-7H3. The predicted octanol–water partition coefficient (Wildman–Crippen LogP) is 7.06. The van der Waals surface area contributed by atoms with E-state index in [2.05, 4.69) is 72.7 Å². The number of benzene rings is 3. The van der Waals surface area contributed by atoms with Crippen molar-refractivity contribution >= 4 is 5.69 Å². The lowest BCUT2D eigenvalue weighted by Crippen LogP contribution is -2.31. The third-order valence-corrected chi connectivity index (χ3v) is 6.18. The second kappa shape index (κ2) is 7.33. The van der Waals surface area contributed by atoms with E-state index in [0.717, 1.165) is 45.0 Å². The molecule has 0 amide bonds. The number of rotatable bonds is 3. The molecular formula is C28H33NO2. The topological polar surface area (TPSA) is 44.5 Å². The van der Waals surface area contributed by atoms with Crippen molar-refractivity contribution in [3.63, 3.8) is 0 Å². The Balaban J connectivity index is 1.88. The summed E-state index contributed by atoms with van der Waals surface area (Å²) in [6, 6.07) is 16.7. The second-order valence-electron chi connectivity index (χ2n) is 10.1. The van der Waals surface area contributed by atoms with Gasteiger partial charge in [-0.2, -0.15) is 0 Å². The van der Waals surface area contributed by atoms with E-state index in [-0.39, 0.29) is 5.41 Å². The van der Waals surface area contributed by atoms with Gasteiger partial charge >= 0.3 is 0 Å². The number of hydrogen-bond donors (Lipinski definition) is 1. The first-order valence-corrected chi connectivity index (χ1v) is 10.9. The number of nitrogens with two attached hydrogens (primary N) is 1. The van der Waals surface area contributed by atoms with Crippen LogP contribution in [0.1, 0.15) is 62.4 Å². The largest absolute Gasteiger partial charge is 0.489 e. The van der Waals surface area contributed by atoms with Crippen LogP contribution < -0.4 is 15.2 Å². The van der Waals surface area contributed by atoms with Crippen molar-refractivity contribution in [2.75, 3.05) is 5.73 Å². The minimum absolute atomic E-state index is 0.0674. The fraction of sp³-hybridized carbons (Fsp3) is 0.357. The lowest BCUT2D eigenvalue weighted by atomic mass is 9.74. The Bertz CT molecular complexity index is 1140. The molecule has 3 heteroatoms. The number of nitrogen functional groups attached to an aromatic ring is 1. The van der Waals surface area contributed by atoms with Crippen LogP contribution in [-0.4, -0.2) is 0 Å². The highest BCUT2D eigenvalue weighted by atomic mass is 16.5. The fourth-order valence-electron chi connectivity index (χ4n) is 4.68. The van der Waals surface area contributed by atoms with Crippen LogP contribution in [0.2, 0.25) is 0 Å². The lowest BCUT2D eigenvalue weighted by Gasteiger charge is -2.39. The Morgan fingerprint density at radius 1 is 1.00 bits per heavy atom. The van der Waals surface area contributed by atoms with Crippen molar-refractivity contribution < 1.29 is 9.47 Å². The van der Waals surface area contributed by atoms with Gasteiger partial charge in [0.05, 0.1) is 0 Å². The smallest absolute Gasteiger partial charge is 0.130 e. The van der Waals surface area contributed by atoms with Gasteiger partial charge in [0.15, 0.2) is 0 Å². The number of aryl methyl sites for hydroxylation is 1. The molecule has 31 heavy (non-hydrogen) atoms. The Morgan fingerprint density at radius 2 is 1.68 bits per heavy atom. The first-order chi connectivity index (χ1) is 14.5. The molecule has 3 aromatic rings. The molecule has 2 N–H and O–H groups in total. The summed E-state index contributed by atoms with van der Waals surface area (Å²) in [5.41, 5.74) is 14.8. The van der Waals surface area contributed by atoms with Crippen LogP contribution in [0.5, 0.6) is 11.5 Å². The molecule has 3 nitrogen and oxygen atoms in total. The van der Waals surface area contributed by atoms with Gasteiger partial charge in [-0.05, 0) is 73.1 Å². The van der Waals surface area contributed by atoms with Crippen LogP contribution in [0.4, 0.5) is 5.69 Å². The van der Waals surface area contributed by atoms with Gasteiger partial charge in [-0.1, -0.05) is 51.1 Å². The molecule has 0 radical (unpaired) electrons. The zero-order valence-electron chi connectivity index (χ0n) is 19.7. The van der Waals surface area contributed by atoms with Gasteiger partial charge in [0.1, 0.15) is 23.7 Å². The number of anilines is 1. The second-order valence-corrected chi connectivity index (χ2v) is 10.1. The highest BCUT2D eigenvalue weighted by molar-refractivity contribution is 5.85. The number of hydrogen-bond acceptors (Lipinski definition) is 3. The quantitative estimate of drug-likeness (QED) is 0.466. The molecule has 0 fully saturated rings. The summed E-state index contributed by atoms with van der Waals surface area (Å²) >= 11 is 0. The summed E-state index contributed by atoms with van der Waals surface area (Å²) in [7, 11) is 0. The van der Waals surface area contributed by atoms with Gasteiger partial charge in [-0.3, -0.25) is 0 Å². The van der Waals surface area contributed by atoms with Gasteiger partial charge in [0.2, 0.25) is 0 Å². The van der Waals surface area contributed by atoms with E-state index in [9.17, 15) is 0 Å². The fourth-order valence-corrected chi connectivity index (χ4v) is 4.68. The zero-order valence-corrected chi connectivity index (χ0v) is 19.7. The summed E-state index contributed by atoms with van der Waals surface area (Å²) in [5.74, 6) is 1.76. The third-order valence-electron chi connectivity index (χ3n) is 6.18. The molecule has 3 aromatic carbocycles. The van der Waals surface area contributed by atoms with Crippen LogP contribution in [0, 0.1) is 13.8 Å². The number of fused-ring (bicyclic) bond motifs is 3. The zero-order chi connectivity index (χ0) is 22.6. The molecule has 1 aliphatic rings. The van der Waals surface area contributed by atoms with Gasteiger partial charge < -0.3 is 15.2 Å². The molecule has 1 aliphatic heterocycles. The monoisotopic (exact) mass is 415 g/mol. The van der Waals surface area contributed by atoms with Crippen molar-refractivity contribution in [1.82, 2.24) is 0 Å². The highest BCUT2D eigenvalue weighted by Gasteiger charge is 2.37. The van der Waals surface area contributed by atoms with E-state index in [4.69, 9.17) is 15.2 Å². The van der Waals surface area contributed by atoms with Crippen molar-refractivity contribution in [2.24, 2.45) is 0 Å². The van der Waals surface area contributed by atoms with Crippen molar-refractivity contribution in [2.45, 2.75) is 66.1 Å². The molecule has 0 atom stereocenters. The predicted molar refractivity (Wildman–Crippen MR) is 129 cm³/mol. The minimum atomic E-state index is -0.488. The van der Waals surface area contributed by atoms with Crippen LogP contribution >= 0.6 is 0 Å². The maximum atomic E-state index is 6.54. The van der Waals surface area contributed by atoms with E-state index < -0.39 is 5.60 Å². The first-order valence-electron chi connectivity index (χ1n) is 10.9. The minimum Gasteiger partial charge on any atom is -0.489 e. The summed E-state index contributed by atoms with van der Waals surface area (Å²) in [6.07, 6.45) is 0. The third kappa shape index (κ3) is 3.78. The van der Waals surface area contributed by atoms with E-state index >= 15 is 0 Å². The van der Waals surface area contributed by atoms with E-state index in [1.54, 1.807) is 0 Å². The summed E-state index contributed by atoms with van der Waals surface area (Å²) in [4.78, 5) is 0. The van der Waals surface area contributed by atoms with E-state index in [1.165, 1.54) is 11.1 Å². The van der Waals surface area contributed by atoms with Crippen molar-refractivity contribution in [1.29, 1.82) is 0 Å². The molecule has 162 valence electrons.